The Hall–Kier alpha value is -2.39. The smallest absolute Gasteiger partial charge is 0.124 e. The van der Waals surface area contributed by atoms with Crippen LogP contribution >= 0.6 is 0 Å². The first-order chi connectivity index (χ1) is 9.21. The summed E-state index contributed by atoms with van der Waals surface area (Å²) in [4.78, 5) is 1.65. The van der Waals surface area contributed by atoms with Gasteiger partial charge in [0.2, 0.25) is 0 Å². The molecule has 0 heterocycles. The lowest BCUT2D eigenvalue weighted by Crippen LogP contribution is -2.24. The zero-order valence-electron chi connectivity index (χ0n) is 10.4. The first-order valence-electron chi connectivity index (χ1n) is 5.65. The van der Waals surface area contributed by atoms with Crippen molar-refractivity contribution in [3.05, 3.63) is 35.1 Å². The molecule has 0 bridgehead atoms. The number of benzene rings is 1. The van der Waals surface area contributed by atoms with Crippen molar-refractivity contribution < 1.29 is 4.39 Å². The molecule has 0 atom stereocenters. The van der Waals surface area contributed by atoms with Gasteiger partial charge in [-0.3, -0.25) is 4.90 Å². The highest BCUT2D eigenvalue weighted by Gasteiger charge is 2.08. The number of nitrogens with two attached hydrogens (primary N) is 1. The predicted octanol–water partition coefficient (Wildman–Crippen LogP) is 0.985. The molecule has 4 nitrogen and oxygen atoms in total. The van der Waals surface area contributed by atoms with Crippen LogP contribution in [-0.4, -0.2) is 24.5 Å². The zero-order chi connectivity index (χ0) is 14.1. The maximum absolute atomic E-state index is 13.2. The lowest BCUT2D eigenvalue weighted by atomic mass is 10.1. The van der Waals surface area contributed by atoms with Crippen molar-refractivity contribution in [1.82, 2.24) is 4.90 Å². The van der Waals surface area contributed by atoms with Crippen LogP contribution in [0.3, 0.4) is 0 Å². The summed E-state index contributed by atoms with van der Waals surface area (Å²) in [5, 5.41) is 17.4. The molecule has 0 spiro atoms. The topological polar surface area (TPSA) is 76.8 Å². The average molecular weight is 256 g/mol. The van der Waals surface area contributed by atoms with E-state index >= 15 is 0 Å². The van der Waals surface area contributed by atoms with E-state index in [9.17, 15) is 4.39 Å². The summed E-state index contributed by atoms with van der Waals surface area (Å²) in [6.45, 7) is 0.829. The summed E-state index contributed by atoms with van der Waals surface area (Å²) in [7, 11) is 0. The Morgan fingerprint density at radius 3 is 2.47 bits per heavy atom. The molecule has 0 saturated heterocycles. The molecule has 5 heteroatoms. The third-order valence-electron chi connectivity index (χ3n) is 2.38. The SMILES string of the molecule is N#CCN(CC#N)Cc1ccc(F)cc1C#CCN. The first kappa shape index (κ1) is 14.7. The molecule has 0 aliphatic heterocycles. The second-order valence-corrected chi connectivity index (χ2v) is 3.77. The Labute approximate surface area is 111 Å². The van der Waals surface area contributed by atoms with Gasteiger partial charge in [0.05, 0.1) is 31.8 Å². The van der Waals surface area contributed by atoms with Crippen molar-refractivity contribution in [2.24, 2.45) is 5.73 Å². The van der Waals surface area contributed by atoms with Crippen molar-refractivity contribution in [3.8, 4) is 24.0 Å². The molecule has 0 aromatic heterocycles. The van der Waals surface area contributed by atoms with E-state index in [2.05, 4.69) is 11.8 Å². The van der Waals surface area contributed by atoms with E-state index in [1.807, 2.05) is 12.1 Å². The molecule has 0 unspecified atom stereocenters. The highest BCUT2D eigenvalue weighted by Crippen LogP contribution is 2.13. The highest BCUT2D eigenvalue weighted by molar-refractivity contribution is 5.42. The van der Waals surface area contributed by atoms with Crippen molar-refractivity contribution in [2.75, 3.05) is 19.6 Å². The van der Waals surface area contributed by atoms with Crippen LogP contribution in [0.2, 0.25) is 0 Å². The average Bonchev–Trinajstić information content (AvgIpc) is 2.39. The van der Waals surface area contributed by atoms with Gasteiger partial charge in [0, 0.05) is 12.1 Å². The quantitative estimate of drug-likeness (QED) is 0.643. The van der Waals surface area contributed by atoms with Gasteiger partial charge in [0.15, 0.2) is 0 Å². The minimum atomic E-state index is -0.378. The number of hydrogen-bond donors (Lipinski definition) is 1. The van der Waals surface area contributed by atoms with Crippen molar-refractivity contribution in [3.63, 3.8) is 0 Å². The van der Waals surface area contributed by atoms with Crippen LogP contribution in [0.25, 0.3) is 0 Å². The predicted molar refractivity (Wildman–Crippen MR) is 68.8 cm³/mol. The van der Waals surface area contributed by atoms with Crippen molar-refractivity contribution >= 4 is 0 Å². The summed E-state index contributed by atoms with van der Waals surface area (Å²) in [6, 6.07) is 8.25. The number of rotatable bonds is 4. The van der Waals surface area contributed by atoms with Gasteiger partial charge in [-0.25, -0.2) is 4.39 Å². The normalized spacial score (nSPS) is 9.32. The lowest BCUT2D eigenvalue weighted by molar-refractivity contribution is 0.334. The largest absolute Gasteiger partial charge is 0.320 e. The molecule has 1 aromatic carbocycles. The Balaban J connectivity index is 2.99. The molecule has 96 valence electrons. The standard InChI is InChI=1S/C14H13FN4/c15-14-4-3-13(12(10-14)2-1-5-16)11-19(8-6-17)9-7-18/h3-4,10H,5,8-9,11,16H2. The lowest BCUT2D eigenvalue weighted by Gasteiger charge is -2.16. The van der Waals surface area contributed by atoms with Crippen LogP contribution in [0.4, 0.5) is 4.39 Å². The Morgan fingerprint density at radius 2 is 1.89 bits per heavy atom. The van der Waals surface area contributed by atoms with Gasteiger partial charge in [-0.1, -0.05) is 17.9 Å². The summed E-state index contributed by atoms with van der Waals surface area (Å²) in [6.07, 6.45) is 0. The fourth-order valence-electron chi connectivity index (χ4n) is 1.56. The molecule has 0 fully saturated rings. The van der Waals surface area contributed by atoms with Crippen LogP contribution in [-0.2, 0) is 6.54 Å². The summed E-state index contributed by atoms with van der Waals surface area (Å²) < 4.78 is 13.2. The second kappa shape index (κ2) is 7.84. The van der Waals surface area contributed by atoms with E-state index in [4.69, 9.17) is 16.3 Å². The number of nitrogens with zero attached hydrogens (tertiary/aromatic N) is 3. The highest BCUT2D eigenvalue weighted by atomic mass is 19.1. The summed E-state index contributed by atoms with van der Waals surface area (Å²) in [5.74, 6) is 5.09. The molecule has 0 radical (unpaired) electrons. The van der Waals surface area contributed by atoms with Crippen molar-refractivity contribution in [1.29, 1.82) is 10.5 Å². The van der Waals surface area contributed by atoms with E-state index in [1.54, 1.807) is 11.0 Å². The Kier molecular flexibility index (Phi) is 6.06. The maximum atomic E-state index is 13.2. The van der Waals surface area contributed by atoms with E-state index in [1.165, 1.54) is 12.1 Å². The maximum Gasteiger partial charge on any atom is 0.124 e. The molecule has 0 aliphatic carbocycles. The van der Waals surface area contributed by atoms with Gasteiger partial charge in [-0.15, -0.1) is 0 Å². The number of hydrogen-bond acceptors (Lipinski definition) is 4. The summed E-state index contributed by atoms with van der Waals surface area (Å²) >= 11 is 0. The molecular weight excluding hydrogens is 243 g/mol. The minimum absolute atomic E-state index is 0.134. The molecule has 1 aromatic rings. The molecule has 1 rings (SSSR count). The third kappa shape index (κ3) is 4.77. The van der Waals surface area contributed by atoms with E-state index < -0.39 is 0 Å². The van der Waals surface area contributed by atoms with Gasteiger partial charge in [0.1, 0.15) is 5.82 Å². The molecule has 0 aliphatic rings. The minimum Gasteiger partial charge on any atom is -0.320 e. The Bertz CT molecular complexity index is 556. The van der Waals surface area contributed by atoms with E-state index in [0.717, 1.165) is 5.56 Å². The van der Waals surface area contributed by atoms with Crippen LogP contribution < -0.4 is 5.73 Å². The second-order valence-electron chi connectivity index (χ2n) is 3.77. The van der Waals surface area contributed by atoms with E-state index in [-0.39, 0.29) is 25.5 Å². The van der Waals surface area contributed by atoms with Gasteiger partial charge >= 0.3 is 0 Å². The molecule has 19 heavy (non-hydrogen) atoms. The van der Waals surface area contributed by atoms with Crippen LogP contribution in [0.15, 0.2) is 18.2 Å². The van der Waals surface area contributed by atoms with Gasteiger partial charge < -0.3 is 5.73 Å². The fourth-order valence-corrected chi connectivity index (χ4v) is 1.56. The van der Waals surface area contributed by atoms with Crippen LogP contribution in [0.5, 0.6) is 0 Å². The van der Waals surface area contributed by atoms with Gasteiger partial charge in [-0.05, 0) is 17.7 Å². The fraction of sp³-hybridized carbons (Fsp3) is 0.286. The van der Waals surface area contributed by atoms with Crippen molar-refractivity contribution in [2.45, 2.75) is 6.54 Å². The third-order valence-corrected chi connectivity index (χ3v) is 2.38. The van der Waals surface area contributed by atoms with Crippen LogP contribution in [0.1, 0.15) is 11.1 Å². The molecule has 2 N–H and O–H groups in total. The number of nitriles is 2. The first-order valence-corrected chi connectivity index (χ1v) is 5.65. The number of halogens is 1. The monoisotopic (exact) mass is 256 g/mol. The van der Waals surface area contributed by atoms with Gasteiger partial charge in [0.25, 0.3) is 0 Å². The summed E-state index contributed by atoms with van der Waals surface area (Å²) in [5.41, 5.74) is 6.60. The molecule has 0 saturated carbocycles. The van der Waals surface area contributed by atoms with Crippen LogP contribution in [0, 0.1) is 40.3 Å². The molecular formula is C14H13FN4. The Morgan fingerprint density at radius 1 is 1.21 bits per heavy atom. The molecule has 0 amide bonds. The van der Waals surface area contributed by atoms with Gasteiger partial charge in [-0.2, -0.15) is 10.5 Å². The zero-order valence-corrected chi connectivity index (χ0v) is 10.4. The van der Waals surface area contributed by atoms with E-state index in [0.29, 0.717) is 12.1 Å².